The van der Waals surface area contributed by atoms with Crippen molar-refractivity contribution in [2.45, 2.75) is 32.9 Å². The molecular formula is C15H21N3O. The van der Waals surface area contributed by atoms with Gasteiger partial charge in [0.1, 0.15) is 5.75 Å². The Morgan fingerprint density at radius 3 is 2.95 bits per heavy atom. The number of nitrogens with one attached hydrogen (secondary N) is 1. The standard InChI is InChI=1S/C15H21N3O/c1-4-12(2)19-15-7-5-6-14(8-15)16-9-13-10-17-18(3)11-13/h5-8,10-12,16H,4,9H2,1-3H3/t12-/m0/s1. The number of aromatic nitrogens is 2. The Morgan fingerprint density at radius 1 is 1.42 bits per heavy atom. The highest BCUT2D eigenvalue weighted by atomic mass is 16.5. The van der Waals surface area contributed by atoms with E-state index in [1.54, 1.807) is 4.68 Å². The molecule has 2 aromatic rings. The summed E-state index contributed by atoms with van der Waals surface area (Å²) in [5.41, 5.74) is 2.22. The van der Waals surface area contributed by atoms with Crippen molar-refractivity contribution >= 4 is 5.69 Å². The predicted octanol–water partition coefficient (Wildman–Crippen LogP) is 3.21. The minimum absolute atomic E-state index is 0.244. The van der Waals surface area contributed by atoms with Gasteiger partial charge >= 0.3 is 0 Å². The van der Waals surface area contributed by atoms with Gasteiger partial charge in [-0.1, -0.05) is 13.0 Å². The molecule has 1 aromatic heterocycles. The van der Waals surface area contributed by atoms with Crippen molar-refractivity contribution in [3.8, 4) is 5.75 Å². The zero-order valence-electron chi connectivity index (χ0n) is 11.8. The lowest BCUT2D eigenvalue weighted by Gasteiger charge is -2.13. The van der Waals surface area contributed by atoms with Crippen LogP contribution in [-0.4, -0.2) is 15.9 Å². The van der Waals surface area contributed by atoms with Crippen molar-refractivity contribution in [3.05, 3.63) is 42.2 Å². The summed E-state index contributed by atoms with van der Waals surface area (Å²) in [4.78, 5) is 0. The fraction of sp³-hybridized carbons (Fsp3) is 0.400. The van der Waals surface area contributed by atoms with Crippen molar-refractivity contribution in [3.63, 3.8) is 0 Å². The van der Waals surface area contributed by atoms with E-state index in [9.17, 15) is 0 Å². The molecule has 19 heavy (non-hydrogen) atoms. The number of hydrogen-bond acceptors (Lipinski definition) is 3. The highest BCUT2D eigenvalue weighted by Crippen LogP contribution is 2.19. The van der Waals surface area contributed by atoms with E-state index in [0.717, 1.165) is 30.0 Å². The zero-order valence-corrected chi connectivity index (χ0v) is 11.8. The largest absolute Gasteiger partial charge is 0.491 e. The molecule has 0 aliphatic heterocycles. The van der Waals surface area contributed by atoms with E-state index >= 15 is 0 Å². The van der Waals surface area contributed by atoms with Crippen LogP contribution in [0.5, 0.6) is 5.75 Å². The Kier molecular flexibility index (Phi) is 4.44. The molecule has 4 heteroatoms. The van der Waals surface area contributed by atoms with E-state index in [0.29, 0.717) is 0 Å². The van der Waals surface area contributed by atoms with Crippen LogP contribution in [0.1, 0.15) is 25.8 Å². The SMILES string of the molecule is CC[C@H](C)Oc1cccc(NCc2cnn(C)c2)c1. The second-order valence-corrected chi connectivity index (χ2v) is 4.74. The fourth-order valence-electron chi connectivity index (χ4n) is 1.76. The van der Waals surface area contributed by atoms with Gasteiger partial charge in [0, 0.05) is 37.1 Å². The lowest BCUT2D eigenvalue weighted by atomic mass is 10.2. The first kappa shape index (κ1) is 13.5. The highest BCUT2D eigenvalue weighted by Gasteiger charge is 2.02. The van der Waals surface area contributed by atoms with Crippen molar-refractivity contribution < 1.29 is 4.74 Å². The molecule has 102 valence electrons. The molecule has 1 aromatic carbocycles. The van der Waals surface area contributed by atoms with Crippen LogP contribution in [0.4, 0.5) is 5.69 Å². The highest BCUT2D eigenvalue weighted by molar-refractivity contribution is 5.48. The van der Waals surface area contributed by atoms with Crippen LogP contribution in [0.2, 0.25) is 0 Å². The molecule has 0 spiro atoms. The van der Waals surface area contributed by atoms with E-state index in [4.69, 9.17) is 4.74 Å². The first-order valence-electron chi connectivity index (χ1n) is 6.65. The van der Waals surface area contributed by atoms with E-state index in [1.165, 1.54) is 0 Å². The number of ether oxygens (including phenoxy) is 1. The summed E-state index contributed by atoms with van der Waals surface area (Å²) < 4.78 is 7.61. The number of aryl methyl sites for hydroxylation is 1. The zero-order chi connectivity index (χ0) is 13.7. The lowest BCUT2D eigenvalue weighted by molar-refractivity contribution is 0.217. The molecule has 0 fully saturated rings. The molecule has 0 radical (unpaired) electrons. The van der Waals surface area contributed by atoms with Crippen molar-refractivity contribution in [1.82, 2.24) is 9.78 Å². The summed E-state index contributed by atoms with van der Waals surface area (Å²) in [5.74, 6) is 0.908. The average molecular weight is 259 g/mol. The van der Waals surface area contributed by atoms with Crippen LogP contribution in [0.3, 0.4) is 0 Å². The number of benzene rings is 1. The summed E-state index contributed by atoms with van der Waals surface area (Å²) >= 11 is 0. The lowest BCUT2D eigenvalue weighted by Crippen LogP contribution is -2.09. The van der Waals surface area contributed by atoms with E-state index in [1.807, 2.05) is 43.7 Å². The maximum absolute atomic E-state index is 5.80. The maximum Gasteiger partial charge on any atom is 0.121 e. The second-order valence-electron chi connectivity index (χ2n) is 4.74. The first-order chi connectivity index (χ1) is 9.17. The smallest absolute Gasteiger partial charge is 0.121 e. The van der Waals surface area contributed by atoms with E-state index < -0.39 is 0 Å². The Labute approximate surface area is 114 Å². The van der Waals surface area contributed by atoms with Gasteiger partial charge in [-0.15, -0.1) is 0 Å². The van der Waals surface area contributed by atoms with Crippen molar-refractivity contribution in [2.24, 2.45) is 7.05 Å². The quantitative estimate of drug-likeness (QED) is 0.865. The molecule has 0 aliphatic rings. The van der Waals surface area contributed by atoms with Crippen molar-refractivity contribution in [2.75, 3.05) is 5.32 Å². The van der Waals surface area contributed by atoms with Gasteiger partial charge in [0.05, 0.1) is 12.3 Å². The number of anilines is 1. The van der Waals surface area contributed by atoms with Gasteiger partial charge in [-0.2, -0.15) is 5.10 Å². The number of rotatable bonds is 6. The van der Waals surface area contributed by atoms with Crippen LogP contribution in [-0.2, 0) is 13.6 Å². The molecule has 4 nitrogen and oxygen atoms in total. The molecule has 0 unspecified atom stereocenters. The Bertz CT molecular complexity index is 522. The van der Waals surface area contributed by atoms with Crippen LogP contribution < -0.4 is 10.1 Å². The van der Waals surface area contributed by atoms with Crippen LogP contribution >= 0.6 is 0 Å². The van der Waals surface area contributed by atoms with E-state index in [-0.39, 0.29) is 6.10 Å². The van der Waals surface area contributed by atoms with Crippen molar-refractivity contribution in [1.29, 1.82) is 0 Å². The van der Waals surface area contributed by atoms with Gasteiger partial charge in [0.2, 0.25) is 0 Å². The van der Waals surface area contributed by atoms with Crippen LogP contribution in [0.15, 0.2) is 36.7 Å². The summed E-state index contributed by atoms with van der Waals surface area (Å²) in [6.07, 6.45) is 5.13. The van der Waals surface area contributed by atoms with E-state index in [2.05, 4.69) is 24.3 Å². The third kappa shape index (κ3) is 4.02. The Balaban J connectivity index is 1.95. The van der Waals surface area contributed by atoms with Crippen LogP contribution in [0.25, 0.3) is 0 Å². The molecule has 1 heterocycles. The Hall–Kier alpha value is -1.97. The summed E-state index contributed by atoms with van der Waals surface area (Å²) in [6.45, 7) is 4.96. The van der Waals surface area contributed by atoms with Gasteiger partial charge in [-0.05, 0) is 25.5 Å². The summed E-state index contributed by atoms with van der Waals surface area (Å²) in [6, 6.07) is 8.06. The third-order valence-corrected chi connectivity index (χ3v) is 3.00. The third-order valence-electron chi connectivity index (χ3n) is 3.00. The fourth-order valence-corrected chi connectivity index (χ4v) is 1.76. The summed E-state index contributed by atoms with van der Waals surface area (Å²) in [5, 5.41) is 7.52. The minimum atomic E-state index is 0.244. The second kappa shape index (κ2) is 6.27. The maximum atomic E-state index is 5.80. The van der Waals surface area contributed by atoms with Gasteiger partial charge in [-0.3, -0.25) is 4.68 Å². The summed E-state index contributed by atoms with van der Waals surface area (Å²) in [7, 11) is 1.92. The number of nitrogens with zero attached hydrogens (tertiary/aromatic N) is 2. The molecule has 1 atom stereocenters. The normalized spacial score (nSPS) is 12.2. The van der Waals surface area contributed by atoms with Gasteiger partial charge in [0.15, 0.2) is 0 Å². The molecule has 0 saturated heterocycles. The molecule has 2 rings (SSSR count). The molecular weight excluding hydrogens is 238 g/mol. The first-order valence-corrected chi connectivity index (χ1v) is 6.65. The molecule has 0 amide bonds. The monoisotopic (exact) mass is 259 g/mol. The predicted molar refractivity (Wildman–Crippen MR) is 77.4 cm³/mol. The number of hydrogen-bond donors (Lipinski definition) is 1. The minimum Gasteiger partial charge on any atom is -0.491 e. The molecule has 0 bridgehead atoms. The Morgan fingerprint density at radius 2 is 2.26 bits per heavy atom. The van der Waals surface area contributed by atoms with Gasteiger partial charge in [-0.25, -0.2) is 0 Å². The van der Waals surface area contributed by atoms with Gasteiger partial charge < -0.3 is 10.1 Å². The topological polar surface area (TPSA) is 39.1 Å². The van der Waals surface area contributed by atoms with Gasteiger partial charge in [0.25, 0.3) is 0 Å². The molecule has 0 saturated carbocycles. The van der Waals surface area contributed by atoms with Crippen LogP contribution in [0, 0.1) is 0 Å². The molecule has 0 aliphatic carbocycles. The average Bonchev–Trinajstić information content (AvgIpc) is 2.82. The molecule has 1 N–H and O–H groups in total.